The molecule has 2 unspecified atom stereocenters. The molecule has 20 nitrogen and oxygen atoms in total. The summed E-state index contributed by atoms with van der Waals surface area (Å²) < 4.78 is 13.9. The smallest absolute Gasteiger partial charge is 0.342 e. The lowest BCUT2D eigenvalue weighted by molar-refractivity contribution is -0.144. The van der Waals surface area contributed by atoms with E-state index in [9.17, 15) is 52.7 Å². The Morgan fingerprint density at radius 2 is 1.18 bits per heavy atom. The molecule has 55 heavy (non-hydrogen) atoms. The number of nitrogens with zero attached hydrogens (tertiary/aromatic N) is 4. The van der Waals surface area contributed by atoms with E-state index in [-0.39, 0.29) is 63.2 Å². The van der Waals surface area contributed by atoms with Crippen LogP contribution < -0.4 is 10.6 Å². The number of rotatable bonds is 17. The lowest BCUT2D eigenvalue weighted by Gasteiger charge is -2.14. The van der Waals surface area contributed by atoms with Crippen LogP contribution in [-0.2, 0) is 47.8 Å². The molecule has 2 N–H and O–H groups in total. The molecule has 0 saturated heterocycles. The standard InChI is InChI=1S/C34H25ClN6O14/c1-53-32(50)17-5-7-19(26(46)14-43)23(11-17)38-40-28(27(47)15-44)30(48)36-18-6-9-22(21(35)12-18)37-31(49)29(34(52)55-3)41-39-24-10-16(25(45)13-42)4-8-20(24)33(51)54-2/h4-15,28-29H,1-3H3,(H,36,48)(H,37,49)/b40-38+,41-39+. The molecule has 0 aromatic heterocycles. The number of esters is 3. The second kappa shape index (κ2) is 19.4. The SMILES string of the molecule is COC(=O)c1ccc(C(=O)C=O)c(/N=N/C(C(=O)C=O)C(=O)Nc2ccc(NC(=O)C(/N=N/c3cc(C(=O)C=O)ccc3C(=O)OC)C(=O)OC)c(Cl)c2)c1. The average Bonchev–Trinajstić information content (AvgIpc) is 3.20. The highest BCUT2D eigenvalue weighted by Crippen LogP contribution is 2.28. The number of benzene rings is 3. The van der Waals surface area contributed by atoms with Gasteiger partial charge in [0.05, 0.1) is 54.4 Å². The fraction of sp³-hybridized carbons (Fsp3) is 0.147. The van der Waals surface area contributed by atoms with Crippen LogP contribution in [0.2, 0.25) is 5.02 Å². The molecule has 21 heteroatoms. The fourth-order valence-corrected chi connectivity index (χ4v) is 4.44. The van der Waals surface area contributed by atoms with Gasteiger partial charge in [-0.3, -0.25) is 38.4 Å². The van der Waals surface area contributed by atoms with Crippen LogP contribution in [0.1, 0.15) is 41.4 Å². The summed E-state index contributed by atoms with van der Waals surface area (Å²) in [6, 6.07) is 5.73. The molecule has 0 aliphatic carbocycles. The van der Waals surface area contributed by atoms with Gasteiger partial charge in [0, 0.05) is 11.3 Å². The molecular weight excluding hydrogens is 752 g/mol. The van der Waals surface area contributed by atoms with Crippen molar-refractivity contribution in [2.24, 2.45) is 20.5 Å². The zero-order valence-corrected chi connectivity index (χ0v) is 29.2. The number of carbonyl (C=O) groups is 11. The number of Topliss-reactive ketones (excluding diaryl/α,β-unsaturated/α-hetero) is 3. The molecular formula is C34H25ClN6O14. The van der Waals surface area contributed by atoms with Crippen LogP contribution >= 0.6 is 11.6 Å². The summed E-state index contributed by atoms with van der Waals surface area (Å²) in [6.07, 6.45) is -0.253. The van der Waals surface area contributed by atoms with Gasteiger partial charge in [0.1, 0.15) is 5.69 Å². The number of carbonyl (C=O) groups excluding carboxylic acids is 11. The Balaban J connectivity index is 1.88. The summed E-state index contributed by atoms with van der Waals surface area (Å²) in [6.45, 7) is 0. The fourth-order valence-electron chi connectivity index (χ4n) is 4.22. The number of nitrogens with one attached hydrogen (secondary N) is 2. The highest BCUT2D eigenvalue weighted by Gasteiger charge is 2.30. The van der Waals surface area contributed by atoms with Gasteiger partial charge in [-0.2, -0.15) is 20.5 Å². The maximum absolute atomic E-state index is 13.1. The lowest BCUT2D eigenvalue weighted by Crippen LogP contribution is -2.34. The van der Waals surface area contributed by atoms with Crippen molar-refractivity contribution in [2.75, 3.05) is 32.0 Å². The third-order valence-corrected chi connectivity index (χ3v) is 7.26. The molecule has 282 valence electrons. The van der Waals surface area contributed by atoms with Gasteiger partial charge in [-0.1, -0.05) is 11.6 Å². The quantitative estimate of drug-likeness (QED) is 0.0379. The second-order valence-corrected chi connectivity index (χ2v) is 10.8. The number of anilines is 2. The van der Waals surface area contributed by atoms with Gasteiger partial charge in [0.15, 0.2) is 18.9 Å². The van der Waals surface area contributed by atoms with E-state index in [1.165, 1.54) is 6.07 Å². The van der Waals surface area contributed by atoms with Crippen LogP contribution in [0.15, 0.2) is 75.1 Å². The molecule has 0 spiro atoms. The largest absolute Gasteiger partial charge is 0.467 e. The molecule has 0 aliphatic heterocycles. The number of azo groups is 2. The molecule has 3 aromatic rings. The predicted molar refractivity (Wildman–Crippen MR) is 185 cm³/mol. The zero-order valence-electron chi connectivity index (χ0n) is 28.5. The highest BCUT2D eigenvalue weighted by molar-refractivity contribution is 6.36. The summed E-state index contributed by atoms with van der Waals surface area (Å²) in [5.74, 6) is -8.81. The summed E-state index contributed by atoms with van der Waals surface area (Å²) in [5, 5.41) is 19.0. The number of halogens is 1. The van der Waals surface area contributed by atoms with Crippen molar-refractivity contribution in [1.82, 2.24) is 0 Å². The van der Waals surface area contributed by atoms with Crippen molar-refractivity contribution in [1.29, 1.82) is 0 Å². The molecule has 2 amide bonds. The number of ether oxygens (including phenoxy) is 3. The molecule has 0 heterocycles. The van der Waals surface area contributed by atoms with Crippen LogP contribution in [0.25, 0.3) is 0 Å². The van der Waals surface area contributed by atoms with E-state index >= 15 is 0 Å². The van der Waals surface area contributed by atoms with Gasteiger partial charge in [-0.15, -0.1) is 0 Å². The maximum atomic E-state index is 13.1. The Bertz CT molecular complexity index is 2180. The molecule has 0 fully saturated rings. The lowest BCUT2D eigenvalue weighted by atomic mass is 10.1. The van der Waals surface area contributed by atoms with Crippen LogP contribution in [0.5, 0.6) is 0 Å². The first-order chi connectivity index (χ1) is 26.2. The third kappa shape index (κ3) is 10.5. The van der Waals surface area contributed by atoms with Crippen molar-refractivity contribution in [3.05, 3.63) is 81.9 Å². The van der Waals surface area contributed by atoms with Gasteiger partial charge in [0.2, 0.25) is 29.4 Å². The predicted octanol–water partition coefficient (Wildman–Crippen LogP) is 2.80. The van der Waals surface area contributed by atoms with E-state index in [2.05, 4.69) is 45.3 Å². The number of hydrogen-bond acceptors (Lipinski definition) is 18. The van der Waals surface area contributed by atoms with Crippen LogP contribution in [0.3, 0.4) is 0 Å². The van der Waals surface area contributed by atoms with Gasteiger partial charge in [-0.05, 0) is 54.6 Å². The van der Waals surface area contributed by atoms with Crippen LogP contribution in [-0.4, -0.2) is 99.3 Å². The number of methoxy groups -OCH3 is 3. The number of amides is 2. The van der Waals surface area contributed by atoms with E-state index in [0.29, 0.717) is 0 Å². The van der Waals surface area contributed by atoms with E-state index in [1.54, 1.807) is 0 Å². The average molecular weight is 777 g/mol. The Hall–Kier alpha value is -7.48. The van der Waals surface area contributed by atoms with E-state index in [4.69, 9.17) is 11.6 Å². The normalized spacial score (nSPS) is 11.8. The Morgan fingerprint density at radius 1 is 0.618 bits per heavy atom. The first-order valence-electron chi connectivity index (χ1n) is 15.0. The number of aldehydes is 3. The van der Waals surface area contributed by atoms with Crippen molar-refractivity contribution in [2.45, 2.75) is 12.1 Å². The Kier molecular flexibility index (Phi) is 14.8. The molecule has 2 atom stereocenters. The summed E-state index contributed by atoms with van der Waals surface area (Å²) in [7, 11) is 3.07. The van der Waals surface area contributed by atoms with E-state index in [0.717, 1.165) is 69.9 Å². The minimum absolute atomic E-state index is 0.0145. The van der Waals surface area contributed by atoms with E-state index in [1.807, 2.05) is 0 Å². The highest BCUT2D eigenvalue weighted by atomic mass is 35.5. The van der Waals surface area contributed by atoms with Crippen molar-refractivity contribution < 1.29 is 67.0 Å². The maximum Gasteiger partial charge on any atom is 0.342 e. The summed E-state index contributed by atoms with van der Waals surface area (Å²) >= 11 is 6.29. The molecule has 0 saturated carbocycles. The molecule has 0 radical (unpaired) electrons. The van der Waals surface area contributed by atoms with Gasteiger partial charge in [-0.25, -0.2) is 14.4 Å². The Morgan fingerprint density at radius 3 is 1.76 bits per heavy atom. The minimum atomic E-state index is -2.14. The van der Waals surface area contributed by atoms with Crippen LogP contribution in [0, 0.1) is 0 Å². The number of hydrogen-bond donors (Lipinski definition) is 2. The van der Waals surface area contributed by atoms with Crippen LogP contribution in [0.4, 0.5) is 22.7 Å². The second-order valence-electron chi connectivity index (χ2n) is 10.4. The molecule has 3 aromatic carbocycles. The van der Waals surface area contributed by atoms with Gasteiger partial charge in [0.25, 0.3) is 11.8 Å². The van der Waals surface area contributed by atoms with Crippen molar-refractivity contribution >= 4 is 100 Å². The summed E-state index contributed by atoms with van der Waals surface area (Å²) in [4.78, 5) is 133. The number of ketones is 3. The van der Waals surface area contributed by atoms with Crippen molar-refractivity contribution in [3.8, 4) is 0 Å². The molecule has 3 rings (SSSR count). The monoisotopic (exact) mass is 776 g/mol. The summed E-state index contributed by atoms with van der Waals surface area (Å²) in [5.41, 5.74) is -1.91. The van der Waals surface area contributed by atoms with Gasteiger partial charge >= 0.3 is 17.9 Å². The Labute approximate surface area is 313 Å². The zero-order chi connectivity index (χ0) is 40.8. The topological polar surface area (TPSA) is 289 Å². The van der Waals surface area contributed by atoms with Gasteiger partial charge < -0.3 is 24.8 Å². The minimum Gasteiger partial charge on any atom is -0.467 e. The molecule has 0 bridgehead atoms. The third-order valence-electron chi connectivity index (χ3n) is 6.95. The molecule has 0 aliphatic rings. The first-order valence-corrected chi connectivity index (χ1v) is 15.3. The van der Waals surface area contributed by atoms with E-state index < -0.39 is 64.8 Å². The first kappa shape index (κ1) is 41.9. The van der Waals surface area contributed by atoms with Crippen molar-refractivity contribution in [3.63, 3.8) is 0 Å².